The summed E-state index contributed by atoms with van der Waals surface area (Å²) in [5.41, 5.74) is 23.3. The van der Waals surface area contributed by atoms with Crippen molar-refractivity contribution in [3.05, 3.63) is 12.0 Å². The topological polar surface area (TPSA) is 271 Å². The van der Waals surface area contributed by atoms with Crippen LogP contribution in [0.3, 0.4) is 0 Å². The van der Waals surface area contributed by atoms with Crippen LogP contribution in [-0.4, -0.2) is 124 Å². The van der Waals surface area contributed by atoms with Crippen LogP contribution in [0.1, 0.15) is 25.7 Å². The molecule has 15 heteroatoms. The highest BCUT2D eigenvalue weighted by atomic mass is 16.7. The third-order valence-corrected chi connectivity index (χ3v) is 6.91. The maximum Gasteiger partial charge on any atom is 0.275 e. The van der Waals surface area contributed by atoms with Gasteiger partial charge in [-0.1, -0.05) is 0 Å². The van der Waals surface area contributed by atoms with Gasteiger partial charge in [0.1, 0.15) is 48.8 Å². The fraction of sp³-hybridized carbons (Fsp3) is 0.864. The first-order valence-corrected chi connectivity index (χ1v) is 12.5. The molecule has 14 N–H and O–H groups in total. The van der Waals surface area contributed by atoms with Gasteiger partial charge in [-0.2, -0.15) is 0 Å². The summed E-state index contributed by atoms with van der Waals surface area (Å²) in [6, 6.07) is -2.98. The van der Waals surface area contributed by atoms with Crippen molar-refractivity contribution in [2.45, 2.75) is 98.9 Å². The average molecular weight is 536 g/mol. The molecule has 0 radical (unpaired) electrons. The summed E-state index contributed by atoms with van der Waals surface area (Å²) in [6.07, 6.45) is -7.88. The molecule has 214 valence electrons. The molecule has 1 saturated carbocycles. The molecular formula is C22H41N5O10. The van der Waals surface area contributed by atoms with Gasteiger partial charge in [0.25, 0.3) is 5.95 Å². The van der Waals surface area contributed by atoms with Crippen molar-refractivity contribution >= 4 is 5.91 Å². The van der Waals surface area contributed by atoms with E-state index in [0.717, 1.165) is 0 Å². The molecule has 0 spiro atoms. The Bertz CT molecular complexity index is 776. The van der Waals surface area contributed by atoms with E-state index in [1.54, 1.807) is 6.08 Å². The van der Waals surface area contributed by atoms with Crippen LogP contribution in [0.4, 0.5) is 0 Å². The van der Waals surface area contributed by atoms with Gasteiger partial charge in [-0.3, -0.25) is 4.79 Å². The molecule has 2 aliphatic heterocycles. The van der Waals surface area contributed by atoms with E-state index in [1.807, 2.05) is 0 Å². The standard InChI is InChI=1S/C22H41N5O10/c23-5-4-12(29)21(33)27-11-6-10(25)19(36-14-3-1-2-9(7-24)34-14)18(32)20(11)37-22-17(31)15(26)16(30)13(8-28)35-22/h3,9-13,15-20,22,28-32H,1-2,4-8,23-26H2,(H,27,33)/t9-,10-,11+,12-,13?,15-,16+,17?,18?,19?,20-,22+/m0/s1. The first-order valence-electron chi connectivity index (χ1n) is 12.5. The van der Waals surface area contributed by atoms with E-state index in [2.05, 4.69) is 5.32 Å². The molecule has 3 aliphatic rings. The summed E-state index contributed by atoms with van der Waals surface area (Å²) >= 11 is 0. The van der Waals surface area contributed by atoms with Crippen LogP contribution in [0.2, 0.25) is 0 Å². The molecule has 2 fully saturated rings. The lowest BCUT2D eigenvalue weighted by Gasteiger charge is -2.47. The van der Waals surface area contributed by atoms with Crippen molar-refractivity contribution < 1.29 is 49.3 Å². The SMILES string of the molecule is NCC[C@H](O)C(=O)N[C@@H]1C[C@H](N)C(OC2=CCC[C@@H](CN)O2)C(O)[C@H]1O[C@H]1OC(CO)[C@@H](O)[C@H](N)C1O. The minimum Gasteiger partial charge on any atom is -0.461 e. The zero-order valence-corrected chi connectivity index (χ0v) is 20.5. The zero-order chi connectivity index (χ0) is 27.3. The molecule has 0 aromatic heterocycles. The van der Waals surface area contributed by atoms with Gasteiger partial charge in [0, 0.05) is 12.6 Å². The molecule has 12 atom stereocenters. The van der Waals surface area contributed by atoms with Gasteiger partial charge >= 0.3 is 0 Å². The highest BCUT2D eigenvalue weighted by molar-refractivity contribution is 5.80. The van der Waals surface area contributed by atoms with Gasteiger partial charge < -0.3 is 72.7 Å². The normalized spacial score (nSPS) is 41.3. The van der Waals surface area contributed by atoms with Crippen LogP contribution in [0, 0.1) is 0 Å². The monoisotopic (exact) mass is 535 g/mol. The Morgan fingerprint density at radius 2 is 1.89 bits per heavy atom. The predicted molar refractivity (Wildman–Crippen MR) is 127 cm³/mol. The molecule has 4 unspecified atom stereocenters. The van der Waals surface area contributed by atoms with Gasteiger partial charge in [0.05, 0.1) is 18.7 Å². The Morgan fingerprint density at radius 3 is 2.54 bits per heavy atom. The lowest BCUT2D eigenvalue weighted by Crippen LogP contribution is -2.68. The quantitative estimate of drug-likeness (QED) is 0.125. The van der Waals surface area contributed by atoms with Gasteiger partial charge in [0.15, 0.2) is 6.29 Å². The fourth-order valence-electron chi connectivity index (χ4n) is 4.70. The molecular weight excluding hydrogens is 494 g/mol. The third-order valence-electron chi connectivity index (χ3n) is 6.91. The van der Waals surface area contributed by atoms with Gasteiger partial charge in [-0.05, 0) is 38.3 Å². The largest absolute Gasteiger partial charge is 0.461 e. The molecule has 3 rings (SSSR count). The van der Waals surface area contributed by atoms with Crippen LogP contribution >= 0.6 is 0 Å². The van der Waals surface area contributed by atoms with Crippen molar-refractivity contribution in [1.29, 1.82) is 0 Å². The smallest absolute Gasteiger partial charge is 0.275 e. The molecule has 0 aromatic rings. The number of ether oxygens (including phenoxy) is 4. The van der Waals surface area contributed by atoms with Crippen molar-refractivity contribution in [3.8, 4) is 0 Å². The van der Waals surface area contributed by atoms with E-state index < -0.39 is 79.7 Å². The predicted octanol–water partition coefficient (Wildman–Crippen LogP) is -5.21. The Morgan fingerprint density at radius 1 is 1.16 bits per heavy atom. The number of rotatable bonds is 10. The number of aliphatic hydroxyl groups is 5. The van der Waals surface area contributed by atoms with E-state index in [1.165, 1.54) is 0 Å². The van der Waals surface area contributed by atoms with Crippen LogP contribution < -0.4 is 28.3 Å². The van der Waals surface area contributed by atoms with Crippen LogP contribution in [-0.2, 0) is 23.7 Å². The number of amides is 1. The molecule has 15 nitrogen and oxygen atoms in total. The molecule has 1 amide bonds. The Kier molecular flexibility index (Phi) is 10.9. The van der Waals surface area contributed by atoms with Crippen LogP contribution in [0.5, 0.6) is 0 Å². The number of nitrogens with two attached hydrogens (primary N) is 4. The fourth-order valence-corrected chi connectivity index (χ4v) is 4.70. The number of carbonyl (C=O) groups excluding carboxylic acids is 1. The molecule has 1 saturated heterocycles. The highest BCUT2D eigenvalue weighted by Gasteiger charge is 2.50. The molecule has 2 heterocycles. The Labute approximate surface area is 214 Å². The van der Waals surface area contributed by atoms with Gasteiger partial charge in [-0.15, -0.1) is 0 Å². The van der Waals surface area contributed by atoms with Crippen molar-refractivity contribution in [2.75, 3.05) is 19.7 Å². The van der Waals surface area contributed by atoms with E-state index in [-0.39, 0.29) is 38.0 Å². The van der Waals surface area contributed by atoms with Crippen molar-refractivity contribution in [2.24, 2.45) is 22.9 Å². The first-order chi connectivity index (χ1) is 17.6. The highest BCUT2D eigenvalue weighted by Crippen LogP contribution is 2.31. The summed E-state index contributed by atoms with van der Waals surface area (Å²) < 4.78 is 23.0. The summed E-state index contributed by atoms with van der Waals surface area (Å²) in [7, 11) is 0. The Balaban J connectivity index is 1.82. The van der Waals surface area contributed by atoms with Gasteiger partial charge in [-0.25, -0.2) is 0 Å². The molecule has 1 aliphatic carbocycles. The first kappa shape index (κ1) is 29.9. The number of hydrogen-bond acceptors (Lipinski definition) is 14. The zero-order valence-electron chi connectivity index (χ0n) is 20.5. The lowest BCUT2D eigenvalue weighted by atomic mass is 9.83. The molecule has 37 heavy (non-hydrogen) atoms. The number of aliphatic hydroxyl groups excluding tert-OH is 5. The number of hydrogen-bond donors (Lipinski definition) is 10. The number of carbonyl (C=O) groups is 1. The van der Waals surface area contributed by atoms with E-state index in [0.29, 0.717) is 12.8 Å². The summed E-state index contributed by atoms with van der Waals surface area (Å²) in [4.78, 5) is 12.5. The maximum atomic E-state index is 12.5. The second-order valence-electron chi connectivity index (χ2n) is 9.64. The van der Waals surface area contributed by atoms with E-state index in [4.69, 9.17) is 41.9 Å². The van der Waals surface area contributed by atoms with Crippen LogP contribution in [0.15, 0.2) is 12.0 Å². The third kappa shape index (κ3) is 7.07. The van der Waals surface area contributed by atoms with Gasteiger partial charge in [0.2, 0.25) is 5.91 Å². The minimum absolute atomic E-state index is 0.00754. The lowest BCUT2D eigenvalue weighted by molar-refractivity contribution is -0.306. The molecule has 0 aromatic carbocycles. The summed E-state index contributed by atoms with van der Waals surface area (Å²) in [6.45, 7) is -0.258. The number of allylic oxidation sites excluding steroid dienone is 1. The van der Waals surface area contributed by atoms with E-state index >= 15 is 0 Å². The summed E-state index contributed by atoms with van der Waals surface area (Å²) in [5.74, 6) is -0.599. The average Bonchev–Trinajstić information content (AvgIpc) is 2.88. The minimum atomic E-state index is -1.53. The summed E-state index contributed by atoms with van der Waals surface area (Å²) in [5, 5.41) is 54.2. The molecule has 0 bridgehead atoms. The second kappa shape index (κ2) is 13.4. The van der Waals surface area contributed by atoms with Crippen molar-refractivity contribution in [1.82, 2.24) is 5.32 Å². The van der Waals surface area contributed by atoms with E-state index in [9.17, 15) is 30.3 Å². The Hall–Kier alpha value is -1.63. The number of nitrogens with one attached hydrogen (secondary N) is 1. The van der Waals surface area contributed by atoms with Crippen LogP contribution in [0.25, 0.3) is 0 Å². The second-order valence-corrected chi connectivity index (χ2v) is 9.64. The maximum absolute atomic E-state index is 12.5. The van der Waals surface area contributed by atoms with Crippen molar-refractivity contribution in [3.63, 3.8) is 0 Å².